The summed E-state index contributed by atoms with van der Waals surface area (Å²) in [6.07, 6.45) is 0. The number of methoxy groups -OCH3 is 2. The van der Waals surface area contributed by atoms with Gasteiger partial charge in [0.25, 0.3) is 0 Å². The molecule has 0 fully saturated rings. The van der Waals surface area contributed by atoms with Crippen LogP contribution in [0.3, 0.4) is 0 Å². The minimum atomic E-state index is -0.380. The van der Waals surface area contributed by atoms with E-state index >= 15 is 0 Å². The summed E-state index contributed by atoms with van der Waals surface area (Å²) in [5, 5.41) is 7.40. The highest BCUT2D eigenvalue weighted by atomic mass is 32.2. The van der Waals surface area contributed by atoms with Gasteiger partial charge in [-0.15, -0.1) is 11.8 Å². The summed E-state index contributed by atoms with van der Waals surface area (Å²) in [4.78, 5) is 24.6. The zero-order chi connectivity index (χ0) is 22.1. The van der Waals surface area contributed by atoms with Crippen molar-refractivity contribution in [2.75, 3.05) is 19.5 Å². The smallest absolute Gasteiger partial charge is 0.337 e. The van der Waals surface area contributed by atoms with Crippen molar-refractivity contribution in [3.05, 3.63) is 70.9 Å². The number of carbonyl (C=O) groups excluding carboxylic acids is 2. The van der Waals surface area contributed by atoms with Gasteiger partial charge in [-0.3, -0.25) is 4.79 Å². The van der Waals surface area contributed by atoms with Crippen molar-refractivity contribution in [3.8, 4) is 11.4 Å². The van der Waals surface area contributed by atoms with Gasteiger partial charge in [-0.05, 0) is 55.8 Å². The molecule has 31 heavy (non-hydrogen) atoms. The number of aryl methyl sites for hydroxylation is 1. The van der Waals surface area contributed by atoms with Gasteiger partial charge in [-0.2, -0.15) is 5.10 Å². The van der Waals surface area contributed by atoms with Crippen LogP contribution in [0.5, 0.6) is 5.75 Å². The van der Waals surface area contributed by atoms with Crippen LogP contribution in [-0.4, -0.2) is 41.1 Å². The third kappa shape index (κ3) is 3.90. The van der Waals surface area contributed by atoms with Crippen molar-refractivity contribution < 1.29 is 19.1 Å². The van der Waals surface area contributed by atoms with E-state index in [1.807, 2.05) is 50.2 Å². The Morgan fingerprint density at radius 2 is 1.77 bits per heavy atom. The number of hydrogen-bond acceptors (Lipinski definition) is 6. The third-order valence-corrected chi connectivity index (χ3v) is 6.67. The zero-order valence-corrected chi connectivity index (χ0v) is 18.5. The fraction of sp³-hybridized carbons (Fsp3) is 0.261. The molecule has 2 aromatic carbocycles. The second kappa shape index (κ2) is 8.47. The first-order valence-electron chi connectivity index (χ1n) is 9.81. The predicted octanol–water partition coefficient (Wildman–Crippen LogP) is 4.14. The molecule has 2 heterocycles. The molecule has 7 nitrogen and oxygen atoms in total. The first-order valence-corrected chi connectivity index (χ1v) is 10.8. The highest BCUT2D eigenvalue weighted by Crippen LogP contribution is 2.46. The van der Waals surface area contributed by atoms with E-state index in [-0.39, 0.29) is 22.4 Å². The molecule has 1 amide bonds. The van der Waals surface area contributed by atoms with Crippen molar-refractivity contribution >= 4 is 29.5 Å². The molecular weight excluding hydrogens is 414 g/mol. The number of ether oxygens (including phenoxy) is 2. The number of hydrogen-bond donors (Lipinski definition) is 1. The monoisotopic (exact) mass is 437 g/mol. The molecule has 3 aromatic rings. The standard InChI is InChI=1S/C23H23N3O4S/c1-13-19-20(15-5-7-16(8-6-15)23(28)30-4)31-14(2)22(27)24-21(19)26(25-13)17-9-11-18(29-3)12-10-17/h5-12,14,20H,1-4H3,(H,24,27)/t14-,20-/m1/s1. The van der Waals surface area contributed by atoms with Crippen molar-refractivity contribution in [1.82, 2.24) is 9.78 Å². The van der Waals surface area contributed by atoms with E-state index in [0.29, 0.717) is 11.4 Å². The molecule has 2 atom stereocenters. The van der Waals surface area contributed by atoms with E-state index in [1.54, 1.807) is 35.7 Å². The van der Waals surface area contributed by atoms with Crippen LogP contribution in [0.2, 0.25) is 0 Å². The lowest BCUT2D eigenvalue weighted by Crippen LogP contribution is -2.22. The summed E-state index contributed by atoms with van der Waals surface area (Å²) in [6, 6.07) is 14.8. The summed E-state index contributed by atoms with van der Waals surface area (Å²) in [5.41, 5.74) is 4.07. The third-order valence-electron chi connectivity index (χ3n) is 5.27. The van der Waals surface area contributed by atoms with Gasteiger partial charge in [-0.1, -0.05) is 12.1 Å². The van der Waals surface area contributed by atoms with Crippen LogP contribution in [0.25, 0.3) is 5.69 Å². The lowest BCUT2D eigenvalue weighted by Gasteiger charge is -2.17. The van der Waals surface area contributed by atoms with E-state index in [1.165, 1.54) is 7.11 Å². The molecule has 8 heteroatoms. The summed E-state index contributed by atoms with van der Waals surface area (Å²) in [5.74, 6) is 0.950. The minimum Gasteiger partial charge on any atom is -0.497 e. The Kier molecular flexibility index (Phi) is 5.73. The number of rotatable bonds is 4. The van der Waals surface area contributed by atoms with Crippen LogP contribution in [0.1, 0.15) is 39.4 Å². The number of fused-ring (bicyclic) bond motifs is 1. The van der Waals surface area contributed by atoms with E-state index < -0.39 is 0 Å². The maximum absolute atomic E-state index is 12.8. The summed E-state index contributed by atoms with van der Waals surface area (Å²) in [7, 11) is 2.98. The Morgan fingerprint density at radius 1 is 1.10 bits per heavy atom. The predicted molar refractivity (Wildman–Crippen MR) is 120 cm³/mol. The fourth-order valence-electron chi connectivity index (χ4n) is 3.59. The zero-order valence-electron chi connectivity index (χ0n) is 17.7. The maximum atomic E-state index is 12.8. The van der Waals surface area contributed by atoms with Gasteiger partial charge < -0.3 is 14.8 Å². The largest absolute Gasteiger partial charge is 0.497 e. The number of benzene rings is 2. The van der Waals surface area contributed by atoms with Crippen LogP contribution in [0.4, 0.5) is 5.82 Å². The van der Waals surface area contributed by atoms with E-state index in [0.717, 1.165) is 28.3 Å². The summed E-state index contributed by atoms with van der Waals surface area (Å²) < 4.78 is 11.8. The van der Waals surface area contributed by atoms with Gasteiger partial charge >= 0.3 is 5.97 Å². The van der Waals surface area contributed by atoms with Crippen LogP contribution in [0.15, 0.2) is 48.5 Å². The van der Waals surface area contributed by atoms with Gasteiger partial charge in [0, 0.05) is 5.56 Å². The lowest BCUT2D eigenvalue weighted by atomic mass is 10.0. The average molecular weight is 438 g/mol. The number of thioether (sulfide) groups is 1. The molecule has 1 N–H and O–H groups in total. The molecule has 0 spiro atoms. The van der Waals surface area contributed by atoms with Gasteiger partial charge in [-0.25, -0.2) is 9.48 Å². The molecule has 1 aliphatic rings. The van der Waals surface area contributed by atoms with E-state index in [4.69, 9.17) is 14.6 Å². The topological polar surface area (TPSA) is 82.5 Å². The Balaban J connectivity index is 1.81. The molecule has 0 saturated carbocycles. The number of amides is 1. The van der Waals surface area contributed by atoms with Crippen molar-refractivity contribution in [3.63, 3.8) is 0 Å². The van der Waals surface area contributed by atoms with Gasteiger partial charge in [0.2, 0.25) is 5.91 Å². The number of aromatic nitrogens is 2. The SMILES string of the molecule is COC(=O)c1ccc([C@H]2S[C@H](C)C(=O)Nc3c2c(C)nn3-c2ccc(OC)cc2)cc1. The molecule has 0 radical (unpaired) electrons. The minimum absolute atomic E-state index is 0.0745. The van der Waals surface area contributed by atoms with Gasteiger partial charge in [0.1, 0.15) is 11.6 Å². The second-order valence-corrected chi connectivity index (χ2v) is 8.67. The Morgan fingerprint density at radius 3 is 2.39 bits per heavy atom. The van der Waals surface area contributed by atoms with Crippen LogP contribution >= 0.6 is 11.8 Å². The molecule has 1 aliphatic heterocycles. The van der Waals surface area contributed by atoms with Crippen LogP contribution < -0.4 is 10.1 Å². The summed E-state index contributed by atoms with van der Waals surface area (Å²) >= 11 is 1.56. The lowest BCUT2D eigenvalue weighted by molar-refractivity contribution is -0.115. The van der Waals surface area contributed by atoms with Crippen molar-refractivity contribution in [2.45, 2.75) is 24.3 Å². The number of nitrogens with one attached hydrogen (secondary N) is 1. The highest BCUT2D eigenvalue weighted by Gasteiger charge is 2.34. The Bertz CT molecular complexity index is 1120. The molecule has 0 saturated heterocycles. The van der Waals surface area contributed by atoms with Gasteiger partial charge in [0.15, 0.2) is 0 Å². The summed E-state index contributed by atoms with van der Waals surface area (Å²) in [6.45, 7) is 3.83. The molecule has 0 unspecified atom stereocenters. The molecular formula is C23H23N3O4S. The maximum Gasteiger partial charge on any atom is 0.337 e. The fourth-order valence-corrected chi connectivity index (χ4v) is 4.92. The quantitative estimate of drug-likeness (QED) is 0.618. The molecule has 0 aliphatic carbocycles. The molecule has 4 rings (SSSR count). The van der Waals surface area contributed by atoms with Crippen LogP contribution in [0, 0.1) is 6.92 Å². The first kappa shape index (κ1) is 21.0. The van der Waals surface area contributed by atoms with Crippen molar-refractivity contribution in [2.24, 2.45) is 0 Å². The Hall–Kier alpha value is -3.26. The normalized spacial score (nSPS) is 18.0. The number of anilines is 1. The number of nitrogens with zero attached hydrogens (tertiary/aromatic N) is 2. The Labute approximate surface area is 184 Å². The number of carbonyl (C=O) groups is 2. The number of esters is 1. The average Bonchev–Trinajstić information content (AvgIpc) is 3.04. The van der Waals surface area contributed by atoms with Crippen molar-refractivity contribution in [1.29, 1.82) is 0 Å². The highest BCUT2D eigenvalue weighted by molar-refractivity contribution is 8.01. The van der Waals surface area contributed by atoms with Gasteiger partial charge in [0.05, 0.1) is 41.7 Å². The molecule has 1 aromatic heterocycles. The van der Waals surface area contributed by atoms with Crippen LogP contribution in [-0.2, 0) is 9.53 Å². The van der Waals surface area contributed by atoms with E-state index in [2.05, 4.69) is 5.32 Å². The first-order chi connectivity index (χ1) is 14.9. The van der Waals surface area contributed by atoms with E-state index in [9.17, 15) is 9.59 Å². The second-order valence-electron chi connectivity index (χ2n) is 7.22. The molecule has 0 bridgehead atoms. The molecule has 160 valence electrons.